The van der Waals surface area contributed by atoms with E-state index in [4.69, 9.17) is 28.5 Å². The van der Waals surface area contributed by atoms with Crippen molar-refractivity contribution in [1.82, 2.24) is 15.0 Å². The van der Waals surface area contributed by atoms with Crippen molar-refractivity contribution >= 4 is 23.2 Å². The Morgan fingerprint density at radius 1 is 1.30 bits per heavy atom. The van der Waals surface area contributed by atoms with E-state index in [1.54, 1.807) is 16.8 Å². The minimum Gasteiger partial charge on any atom is -0.244 e. The molecule has 0 aliphatic heterocycles. The Kier molecular flexibility index (Phi) is 4.64. The maximum absolute atomic E-state index is 9.09. The second kappa shape index (κ2) is 6.25. The zero-order chi connectivity index (χ0) is 14.7. The van der Waals surface area contributed by atoms with Gasteiger partial charge in [0.2, 0.25) is 0 Å². The summed E-state index contributed by atoms with van der Waals surface area (Å²) in [6.45, 7) is 4.71. The van der Waals surface area contributed by atoms with Crippen molar-refractivity contribution in [2.24, 2.45) is 5.92 Å². The van der Waals surface area contributed by atoms with E-state index < -0.39 is 0 Å². The van der Waals surface area contributed by atoms with E-state index in [-0.39, 0.29) is 0 Å². The van der Waals surface area contributed by atoms with E-state index in [9.17, 15) is 0 Å². The maximum Gasteiger partial charge on any atom is 0.185 e. The minimum absolute atomic E-state index is 0.388. The molecule has 2 rings (SSSR count). The number of nitrogens with zero attached hydrogens (tertiary/aromatic N) is 4. The molecule has 104 valence electrons. The van der Waals surface area contributed by atoms with Crippen LogP contribution in [0.4, 0.5) is 0 Å². The van der Waals surface area contributed by atoms with Crippen LogP contribution in [0.5, 0.6) is 0 Å². The van der Waals surface area contributed by atoms with Crippen LogP contribution >= 0.6 is 23.2 Å². The number of rotatable bonds is 4. The van der Waals surface area contributed by atoms with E-state index in [1.165, 1.54) is 0 Å². The third-order valence-corrected chi connectivity index (χ3v) is 3.60. The van der Waals surface area contributed by atoms with Crippen molar-refractivity contribution in [1.29, 1.82) is 5.26 Å². The number of benzene rings is 1. The summed E-state index contributed by atoms with van der Waals surface area (Å²) in [6, 6.07) is 7.53. The molecule has 0 aliphatic carbocycles. The van der Waals surface area contributed by atoms with Gasteiger partial charge in [0.15, 0.2) is 5.69 Å². The molecule has 0 unspecified atom stereocenters. The van der Waals surface area contributed by atoms with Crippen molar-refractivity contribution in [3.63, 3.8) is 0 Å². The first-order chi connectivity index (χ1) is 9.51. The van der Waals surface area contributed by atoms with Gasteiger partial charge in [-0.3, -0.25) is 0 Å². The number of hydrogen-bond acceptors (Lipinski definition) is 3. The molecule has 1 aromatic carbocycles. The highest BCUT2D eigenvalue weighted by Gasteiger charge is 2.14. The van der Waals surface area contributed by atoms with Crippen LogP contribution in [-0.4, -0.2) is 15.0 Å². The van der Waals surface area contributed by atoms with Gasteiger partial charge in [-0.25, -0.2) is 4.68 Å². The highest BCUT2D eigenvalue weighted by Crippen LogP contribution is 2.23. The molecule has 0 bridgehead atoms. The van der Waals surface area contributed by atoms with E-state index in [0.717, 1.165) is 17.7 Å². The fourth-order valence-electron chi connectivity index (χ4n) is 1.95. The van der Waals surface area contributed by atoms with Crippen molar-refractivity contribution in [3.05, 3.63) is 45.2 Å². The smallest absolute Gasteiger partial charge is 0.185 e. The topological polar surface area (TPSA) is 54.5 Å². The third-order valence-electron chi connectivity index (χ3n) is 2.86. The predicted octanol–water partition coefficient (Wildman–Crippen LogP) is 3.70. The maximum atomic E-state index is 9.09. The molecule has 0 radical (unpaired) electrons. The molecule has 6 heteroatoms. The lowest BCUT2D eigenvalue weighted by molar-refractivity contribution is 0.564. The Labute approximate surface area is 127 Å². The van der Waals surface area contributed by atoms with Gasteiger partial charge in [0.25, 0.3) is 0 Å². The van der Waals surface area contributed by atoms with Gasteiger partial charge in [-0.2, -0.15) is 5.26 Å². The Balaban J connectivity index is 2.31. The highest BCUT2D eigenvalue weighted by molar-refractivity contribution is 6.42. The van der Waals surface area contributed by atoms with E-state index in [0.29, 0.717) is 28.2 Å². The van der Waals surface area contributed by atoms with Crippen molar-refractivity contribution in [2.75, 3.05) is 0 Å². The number of nitriles is 1. The average Bonchev–Trinajstić information content (AvgIpc) is 2.76. The second-order valence-electron chi connectivity index (χ2n) is 5.00. The van der Waals surface area contributed by atoms with Gasteiger partial charge in [-0.15, -0.1) is 5.10 Å². The normalized spacial score (nSPS) is 10.8. The molecule has 0 atom stereocenters. The average molecular weight is 309 g/mol. The largest absolute Gasteiger partial charge is 0.244 e. The Morgan fingerprint density at radius 3 is 2.65 bits per heavy atom. The summed E-state index contributed by atoms with van der Waals surface area (Å²) in [5, 5.41) is 18.1. The van der Waals surface area contributed by atoms with E-state index in [1.807, 2.05) is 6.07 Å². The molecule has 0 amide bonds. The first-order valence-electron chi connectivity index (χ1n) is 6.27. The Morgan fingerprint density at radius 2 is 2.05 bits per heavy atom. The molecule has 0 spiro atoms. The summed E-state index contributed by atoms with van der Waals surface area (Å²) in [5.74, 6) is 0.424. The van der Waals surface area contributed by atoms with E-state index in [2.05, 4.69) is 30.2 Å². The second-order valence-corrected chi connectivity index (χ2v) is 5.82. The molecule has 0 aliphatic rings. The summed E-state index contributed by atoms with van der Waals surface area (Å²) in [4.78, 5) is 0. The van der Waals surface area contributed by atoms with Gasteiger partial charge in [0.1, 0.15) is 6.07 Å². The first kappa shape index (κ1) is 14.8. The van der Waals surface area contributed by atoms with E-state index >= 15 is 0 Å². The number of halogens is 2. The molecule has 4 nitrogen and oxygen atoms in total. The Bertz CT molecular complexity index is 656. The molecule has 20 heavy (non-hydrogen) atoms. The zero-order valence-corrected chi connectivity index (χ0v) is 12.8. The van der Waals surface area contributed by atoms with Crippen LogP contribution in [0.1, 0.15) is 30.8 Å². The lowest BCUT2D eigenvalue weighted by atomic mass is 10.1. The monoisotopic (exact) mass is 308 g/mol. The quantitative estimate of drug-likeness (QED) is 0.865. The molecular formula is C14H14Cl2N4. The van der Waals surface area contributed by atoms with Crippen LogP contribution in [-0.2, 0) is 13.0 Å². The zero-order valence-electron chi connectivity index (χ0n) is 11.3. The van der Waals surface area contributed by atoms with Crippen LogP contribution in [0.25, 0.3) is 0 Å². The summed E-state index contributed by atoms with van der Waals surface area (Å²) < 4.78 is 1.75. The summed E-state index contributed by atoms with van der Waals surface area (Å²) >= 11 is 11.9. The minimum atomic E-state index is 0.388. The van der Waals surface area contributed by atoms with Crippen molar-refractivity contribution < 1.29 is 0 Å². The van der Waals surface area contributed by atoms with Crippen molar-refractivity contribution in [2.45, 2.75) is 26.8 Å². The van der Waals surface area contributed by atoms with Crippen LogP contribution < -0.4 is 0 Å². The van der Waals surface area contributed by atoms with Gasteiger partial charge in [-0.1, -0.05) is 48.3 Å². The molecular weight excluding hydrogens is 295 g/mol. The van der Waals surface area contributed by atoms with Gasteiger partial charge in [0.05, 0.1) is 22.3 Å². The van der Waals surface area contributed by atoms with Crippen LogP contribution in [0, 0.1) is 17.2 Å². The third kappa shape index (κ3) is 3.30. The van der Waals surface area contributed by atoms with Crippen LogP contribution in [0.3, 0.4) is 0 Å². The molecule has 2 aromatic rings. The number of hydrogen-bond donors (Lipinski definition) is 0. The Hall–Kier alpha value is -1.57. The standard InChI is InChI=1S/C14H14Cl2N4/c1-9(2)5-14-13(7-17)18-19-20(14)8-10-3-4-11(15)12(16)6-10/h3-4,6,9H,5,8H2,1-2H3. The van der Waals surface area contributed by atoms with Crippen LogP contribution in [0.2, 0.25) is 10.0 Å². The van der Waals surface area contributed by atoms with Gasteiger partial charge < -0.3 is 0 Å². The van der Waals surface area contributed by atoms with Gasteiger partial charge in [-0.05, 0) is 30.0 Å². The summed E-state index contributed by atoms with van der Waals surface area (Å²) in [6.07, 6.45) is 0.761. The highest BCUT2D eigenvalue weighted by atomic mass is 35.5. The summed E-state index contributed by atoms with van der Waals surface area (Å²) in [5.41, 5.74) is 2.21. The van der Waals surface area contributed by atoms with Gasteiger partial charge in [0, 0.05) is 0 Å². The number of aromatic nitrogens is 3. The van der Waals surface area contributed by atoms with Crippen LogP contribution in [0.15, 0.2) is 18.2 Å². The molecule has 0 saturated carbocycles. The first-order valence-corrected chi connectivity index (χ1v) is 7.03. The fraction of sp³-hybridized carbons (Fsp3) is 0.357. The molecule has 1 aromatic heterocycles. The molecule has 0 N–H and O–H groups in total. The molecule has 0 saturated heterocycles. The SMILES string of the molecule is CC(C)Cc1c(C#N)nnn1Cc1ccc(Cl)c(Cl)c1. The fourth-order valence-corrected chi connectivity index (χ4v) is 2.27. The predicted molar refractivity (Wildman–Crippen MR) is 78.8 cm³/mol. The lowest BCUT2D eigenvalue weighted by Crippen LogP contribution is -2.09. The lowest BCUT2D eigenvalue weighted by Gasteiger charge is -2.09. The van der Waals surface area contributed by atoms with Crippen molar-refractivity contribution in [3.8, 4) is 6.07 Å². The van der Waals surface area contributed by atoms with Gasteiger partial charge >= 0.3 is 0 Å². The molecule has 0 fully saturated rings. The molecule has 1 heterocycles. The summed E-state index contributed by atoms with van der Waals surface area (Å²) in [7, 11) is 0.